The number of rotatable bonds is 6. The highest BCUT2D eigenvalue weighted by atomic mass is 79.9. The number of anilines is 2. The van der Waals surface area contributed by atoms with Crippen LogP contribution < -0.4 is 14.5 Å². The van der Waals surface area contributed by atoms with Crippen molar-refractivity contribution in [2.45, 2.75) is 9.92 Å². The van der Waals surface area contributed by atoms with E-state index in [0.29, 0.717) is 31.7 Å². The molecule has 0 aliphatic carbocycles. The van der Waals surface area contributed by atoms with Crippen molar-refractivity contribution in [3.8, 4) is 17.2 Å². The number of methoxy groups -OCH3 is 1. The van der Waals surface area contributed by atoms with E-state index in [4.69, 9.17) is 9.15 Å². The third-order valence-electron chi connectivity index (χ3n) is 6.05. The van der Waals surface area contributed by atoms with Crippen LogP contribution in [0.4, 0.5) is 16.0 Å². The van der Waals surface area contributed by atoms with Gasteiger partial charge in [0.1, 0.15) is 11.6 Å². The van der Waals surface area contributed by atoms with E-state index in [9.17, 15) is 12.8 Å². The van der Waals surface area contributed by atoms with Crippen LogP contribution >= 0.6 is 15.9 Å². The molecule has 0 bridgehead atoms. The van der Waals surface area contributed by atoms with Gasteiger partial charge in [0.05, 0.1) is 12.0 Å². The Kier molecular flexibility index (Phi) is 6.72. The van der Waals surface area contributed by atoms with E-state index in [-0.39, 0.29) is 21.7 Å². The van der Waals surface area contributed by atoms with Gasteiger partial charge in [0.25, 0.3) is 0 Å². The quantitative estimate of drug-likeness (QED) is 0.286. The Balaban J connectivity index is 1.48. The molecule has 36 heavy (non-hydrogen) atoms. The van der Waals surface area contributed by atoms with Gasteiger partial charge >= 0.3 is 0 Å². The standard InChI is InChI=1S/C26H23BrFN3O4S/c1-34-22-10-8-21(9-11-22)30-14-16-31(17-15-30)26-25(36(32,33)23-12-6-20(28)7-13-23)29-24(35-26)18-2-4-19(27)5-3-18/h2-13H,14-17H2,1H3. The van der Waals surface area contributed by atoms with Crippen molar-refractivity contribution >= 4 is 37.3 Å². The SMILES string of the molecule is COc1ccc(N2CCN(c3oc(-c4ccc(Br)cc4)nc3S(=O)(=O)c3ccc(F)cc3)CC2)cc1. The smallest absolute Gasteiger partial charge is 0.236 e. The fraction of sp³-hybridized carbons (Fsp3) is 0.192. The van der Waals surface area contributed by atoms with Gasteiger partial charge in [-0.2, -0.15) is 4.98 Å². The van der Waals surface area contributed by atoms with Crippen LogP contribution in [0.5, 0.6) is 5.75 Å². The van der Waals surface area contributed by atoms with E-state index >= 15 is 0 Å². The second-order valence-corrected chi connectivity index (χ2v) is 11.0. The van der Waals surface area contributed by atoms with Gasteiger partial charge in [-0.1, -0.05) is 15.9 Å². The lowest BCUT2D eigenvalue weighted by molar-refractivity contribution is 0.415. The third-order valence-corrected chi connectivity index (χ3v) is 8.25. The van der Waals surface area contributed by atoms with Crippen LogP contribution in [0, 0.1) is 5.82 Å². The molecule has 1 fully saturated rings. The van der Waals surface area contributed by atoms with Crippen molar-refractivity contribution in [1.82, 2.24) is 4.98 Å². The molecule has 0 N–H and O–H groups in total. The molecule has 0 amide bonds. The zero-order valence-electron chi connectivity index (χ0n) is 19.4. The summed E-state index contributed by atoms with van der Waals surface area (Å²) in [6.45, 7) is 2.40. The fourth-order valence-electron chi connectivity index (χ4n) is 4.08. The minimum atomic E-state index is -4.05. The van der Waals surface area contributed by atoms with Crippen LogP contribution in [0.25, 0.3) is 11.5 Å². The Labute approximate surface area is 217 Å². The van der Waals surface area contributed by atoms with E-state index in [0.717, 1.165) is 28.0 Å². The zero-order chi connectivity index (χ0) is 25.3. The summed E-state index contributed by atoms with van der Waals surface area (Å²) in [7, 11) is -2.42. The number of benzene rings is 3. The maximum absolute atomic E-state index is 13.6. The number of hydrogen-bond donors (Lipinski definition) is 0. The molecule has 2 heterocycles. The van der Waals surface area contributed by atoms with Gasteiger partial charge in [0.2, 0.25) is 26.6 Å². The van der Waals surface area contributed by atoms with Crippen LogP contribution in [0.1, 0.15) is 0 Å². The summed E-state index contributed by atoms with van der Waals surface area (Å²) in [5.74, 6) is 0.664. The van der Waals surface area contributed by atoms with E-state index in [2.05, 4.69) is 25.8 Å². The molecule has 1 aromatic heterocycles. The second-order valence-electron chi connectivity index (χ2n) is 8.27. The molecule has 0 unspecified atom stereocenters. The zero-order valence-corrected chi connectivity index (χ0v) is 21.8. The molecule has 0 saturated carbocycles. The van der Waals surface area contributed by atoms with Gasteiger partial charge in [-0.25, -0.2) is 12.8 Å². The lowest BCUT2D eigenvalue weighted by atomic mass is 10.2. The first-order valence-electron chi connectivity index (χ1n) is 11.3. The lowest BCUT2D eigenvalue weighted by Crippen LogP contribution is -2.46. The molecule has 1 aliphatic heterocycles. The fourth-order valence-corrected chi connectivity index (χ4v) is 5.66. The minimum Gasteiger partial charge on any atom is -0.497 e. The minimum absolute atomic E-state index is 0.0438. The molecule has 186 valence electrons. The number of sulfone groups is 1. The van der Waals surface area contributed by atoms with Crippen molar-refractivity contribution in [1.29, 1.82) is 0 Å². The Morgan fingerprint density at radius 3 is 2.11 bits per heavy atom. The molecule has 1 aliphatic rings. The number of halogens is 2. The summed E-state index contributed by atoms with van der Waals surface area (Å²) in [6.07, 6.45) is 0. The molecule has 7 nitrogen and oxygen atoms in total. The highest BCUT2D eigenvalue weighted by Crippen LogP contribution is 2.36. The molecule has 1 saturated heterocycles. The predicted octanol–water partition coefficient (Wildman–Crippen LogP) is 5.41. The highest BCUT2D eigenvalue weighted by molar-refractivity contribution is 9.10. The molecule has 0 spiro atoms. The molecule has 0 radical (unpaired) electrons. The van der Waals surface area contributed by atoms with Gasteiger partial charge in [0, 0.05) is 41.9 Å². The Morgan fingerprint density at radius 2 is 1.50 bits per heavy atom. The molecular formula is C26H23BrFN3O4S. The first-order valence-corrected chi connectivity index (χ1v) is 13.5. The largest absolute Gasteiger partial charge is 0.497 e. The van der Waals surface area contributed by atoms with Crippen LogP contribution in [0.2, 0.25) is 0 Å². The normalized spacial score (nSPS) is 14.2. The Hall–Kier alpha value is -3.37. The van der Waals surface area contributed by atoms with Crippen LogP contribution in [0.15, 0.2) is 91.6 Å². The number of hydrogen-bond acceptors (Lipinski definition) is 7. The summed E-state index contributed by atoms with van der Waals surface area (Å²) in [5.41, 5.74) is 1.71. The molecule has 3 aromatic carbocycles. The third kappa shape index (κ3) is 4.83. The van der Waals surface area contributed by atoms with E-state index < -0.39 is 15.7 Å². The summed E-state index contributed by atoms with van der Waals surface area (Å²) in [5, 5.41) is -0.176. The van der Waals surface area contributed by atoms with Gasteiger partial charge < -0.3 is 19.0 Å². The van der Waals surface area contributed by atoms with E-state index in [1.54, 1.807) is 19.2 Å². The van der Waals surface area contributed by atoms with Crippen molar-refractivity contribution in [2.24, 2.45) is 0 Å². The van der Waals surface area contributed by atoms with Crippen LogP contribution in [-0.4, -0.2) is 46.7 Å². The van der Waals surface area contributed by atoms with Crippen molar-refractivity contribution in [3.63, 3.8) is 0 Å². The topological polar surface area (TPSA) is 75.9 Å². The summed E-state index contributed by atoms with van der Waals surface area (Å²) in [6, 6.07) is 19.8. The van der Waals surface area contributed by atoms with Crippen LogP contribution in [0.3, 0.4) is 0 Å². The van der Waals surface area contributed by atoms with Gasteiger partial charge in [0.15, 0.2) is 0 Å². The summed E-state index contributed by atoms with van der Waals surface area (Å²) >= 11 is 3.40. The highest BCUT2D eigenvalue weighted by Gasteiger charge is 2.33. The van der Waals surface area contributed by atoms with Crippen LogP contribution in [-0.2, 0) is 9.84 Å². The first-order chi connectivity index (χ1) is 17.3. The second kappa shape index (κ2) is 9.94. The van der Waals surface area contributed by atoms with Gasteiger partial charge in [-0.15, -0.1) is 0 Å². The van der Waals surface area contributed by atoms with Crippen molar-refractivity contribution in [3.05, 3.63) is 83.1 Å². The monoisotopic (exact) mass is 571 g/mol. The number of aromatic nitrogens is 1. The number of piperazine rings is 1. The molecular weight excluding hydrogens is 549 g/mol. The van der Waals surface area contributed by atoms with E-state index in [1.807, 2.05) is 41.3 Å². The molecule has 10 heteroatoms. The Bertz CT molecular complexity index is 1450. The lowest BCUT2D eigenvalue weighted by Gasteiger charge is -2.36. The van der Waals surface area contributed by atoms with Gasteiger partial charge in [-0.05, 0) is 72.8 Å². The van der Waals surface area contributed by atoms with E-state index in [1.165, 1.54) is 12.1 Å². The predicted molar refractivity (Wildman–Crippen MR) is 139 cm³/mol. The average Bonchev–Trinajstić information content (AvgIpc) is 3.36. The Morgan fingerprint density at radius 1 is 0.889 bits per heavy atom. The number of oxazole rings is 1. The maximum atomic E-state index is 13.6. The average molecular weight is 572 g/mol. The molecule has 5 rings (SSSR count). The summed E-state index contributed by atoms with van der Waals surface area (Å²) < 4.78 is 52.8. The van der Waals surface area contributed by atoms with Gasteiger partial charge in [-0.3, -0.25) is 0 Å². The maximum Gasteiger partial charge on any atom is 0.236 e. The molecule has 0 atom stereocenters. The van der Waals surface area contributed by atoms with Crippen molar-refractivity contribution in [2.75, 3.05) is 43.1 Å². The molecule has 4 aromatic rings. The van der Waals surface area contributed by atoms with Crippen molar-refractivity contribution < 1.29 is 22.0 Å². The summed E-state index contributed by atoms with van der Waals surface area (Å²) in [4.78, 5) is 8.49. The number of ether oxygens (including phenoxy) is 1. The number of nitrogens with zero attached hydrogens (tertiary/aromatic N) is 3. The first kappa shape index (κ1) is 24.3.